The number of hydrogen-bond acceptors (Lipinski definition) is 4. The highest BCUT2D eigenvalue weighted by Crippen LogP contribution is 2.28. The van der Waals surface area contributed by atoms with E-state index in [1.54, 1.807) is 12.1 Å². The predicted molar refractivity (Wildman–Crippen MR) is 73.5 cm³/mol. The molecule has 0 spiro atoms. The number of anilines is 1. The Balaban J connectivity index is 1.80. The van der Waals surface area contributed by atoms with E-state index in [-0.39, 0.29) is 5.82 Å². The van der Waals surface area contributed by atoms with Gasteiger partial charge in [-0.3, -0.25) is 0 Å². The molecule has 0 saturated carbocycles. The van der Waals surface area contributed by atoms with Crippen LogP contribution in [-0.4, -0.2) is 22.5 Å². The molecule has 0 amide bonds. The number of benzene rings is 1. The van der Waals surface area contributed by atoms with Crippen molar-refractivity contribution in [1.29, 1.82) is 0 Å². The Hall–Kier alpha value is -0.810. The summed E-state index contributed by atoms with van der Waals surface area (Å²) in [5.74, 6) is 2.22. The van der Waals surface area contributed by atoms with Crippen molar-refractivity contribution in [2.45, 2.75) is 18.9 Å². The summed E-state index contributed by atoms with van der Waals surface area (Å²) in [6.07, 6.45) is 2.47. The van der Waals surface area contributed by atoms with Crippen LogP contribution >= 0.6 is 23.1 Å². The molecule has 5 heteroatoms. The Kier molecular flexibility index (Phi) is 3.20. The van der Waals surface area contributed by atoms with E-state index >= 15 is 0 Å². The average Bonchev–Trinajstić information content (AvgIpc) is 2.71. The molecule has 1 aliphatic rings. The normalized spacial score (nSPS) is 20.6. The number of fused-ring (bicyclic) bond motifs is 1. The predicted octanol–water partition coefficient (Wildman–Crippen LogP) is 3.74. The van der Waals surface area contributed by atoms with Crippen LogP contribution in [0.4, 0.5) is 9.52 Å². The van der Waals surface area contributed by atoms with Crippen molar-refractivity contribution >= 4 is 38.4 Å². The van der Waals surface area contributed by atoms with E-state index in [0.29, 0.717) is 6.04 Å². The van der Waals surface area contributed by atoms with Crippen molar-refractivity contribution in [1.82, 2.24) is 4.98 Å². The molecular formula is C12H13FN2S2. The summed E-state index contributed by atoms with van der Waals surface area (Å²) in [4.78, 5) is 4.48. The standard InChI is InChI=1S/C12H13FN2S2/c13-8-3-4-10-11(6-8)17-12(15-10)14-9-2-1-5-16-7-9/h3-4,6,9H,1-2,5,7H2,(H,14,15). The van der Waals surface area contributed by atoms with E-state index in [4.69, 9.17) is 0 Å². The van der Waals surface area contributed by atoms with E-state index < -0.39 is 0 Å². The second kappa shape index (κ2) is 4.82. The van der Waals surface area contributed by atoms with E-state index in [9.17, 15) is 4.39 Å². The highest BCUT2D eigenvalue weighted by atomic mass is 32.2. The van der Waals surface area contributed by atoms with Crippen LogP contribution in [0.2, 0.25) is 0 Å². The minimum Gasteiger partial charge on any atom is -0.358 e. The summed E-state index contributed by atoms with van der Waals surface area (Å²) in [6, 6.07) is 5.26. The van der Waals surface area contributed by atoms with Gasteiger partial charge in [0, 0.05) is 11.8 Å². The maximum absolute atomic E-state index is 13.1. The van der Waals surface area contributed by atoms with Crippen LogP contribution in [0.1, 0.15) is 12.8 Å². The van der Waals surface area contributed by atoms with Gasteiger partial charge in [-0.15, -0.1) is 0 Å². The Morgan fingerprint density at radius 2 is 2.35 bits per heavy atom. The lowest BCUT2D eigenvalue weighted by Crippen LogP contribution is -2.25. The molecule has 3 rings (SSSR count). The number of hydrogen-bond donors (Lipinski definition) is 1. The maximum Gasteiger partial charge on any atom is 0.184 e. The smallest absolute Gasteiger partial charge is 0.184 e. The van der Waals surface area contributed by atoms with Gasteiger partial charge in [0.15, 0.2) is 5.13 Å². The second-order valence-corrected chi connectivity index (χ2v) is 6.37. The zero-order valence-electron chi connectivity index (χ0n) is 9.28. The maximum atomic E-state index is 13.1. The highest BCUT2D eigenvalue weighted by molar-refractivity contribution is 7.99. The molecular weight excluding hydrogens is 255 g/mol. The molecule has 1 unspecified atom stereocenters. The monoisotopic (exact) mass is 268 g/mol. The van der Waals surface area contributed by atoms with Crippen LogP contribution in [-0.2, 0) is 0 Å². The van der Waals surface area contributed by atoms with Gasteiger partial charge >= 0.3 is 0 Å². The summed E-state index contributed by atoms with van der Waals surface area (Å²) >= 11 is 3.52. The van der Waals surface area contributed by atoms with Crippen LogP contribution in [0.3, 0.4) is 0 Å². The summed E-state index contributed by atoms with van der Waals surface area (Å²) in [5, 5.41) is 4.37. The first kappa shape index (κ1) is 11.3. The van der Waals surface area contributed by atoms with E-state index in [0.717, 1.165) is 21.1 Å². The van der Waals surface area contributed by atoms with Crippen molar-refractivity contribution < 1.29 is 4.39 Å². The third-order valence-corrected chi connectivity index (χ3v) is 5.00. The zero-order chi connectivity index (χ0) is 11.7. The molecule has 2 heterocycles. The molecule has 1 saturated heterocycles. The van der Waals surface area contributed by atoms with Gasteiger partial charge in [-0.1, -0.05) is 11.3 Å². The molecule has 0 bridgehead atoms. The first-order valence-corrected chi connectivity index (χ1v) is 7.69. The molecule has 90 valence electrons. The molecule has 1 fully saturated rings. The Bertz CT molecular complexity index is 520. The van der Waals surface area contributed by atoms with Gasteiger partial charge in [0.25, 0.3) is 0 Å². The molecule has 2 aromatic rings. The second-order valence-electron chi connectivity index (χ2n) is 4.19. The third-order valence-electron chi connectivity index (χ3n) is 2.84. The number of thiazole rings is 1. The van der Waals surface area contributed by atoms with Gasteiger partial charge in [0.1, 0.15) is 5.82 Å². The van der Waals surface area contributed by atoms with Crippen LogP contribution in [0.25, 0.3) is 10.2 Å². The average molecular weight is 268 g/mol. The first-order valence-electron chi connectivity index (χ1n) is 5.71. The van der Waals surface area contributed by atoms with Gasteiger partial charge in [0.2, 0.25) is 0 Å². The van der Waals surface area contributed by atoms with E-state index in [1.807, 2.05) is 11.8 Å². The Morgan fingerprint density at radius 1 is 1.41 bits per heavy atom. The SMILES string of the molecule is Fc1ccc2nc(NC3CCCSC3)sc2c1. The number of halogens is 1. The van der Waals surface area contributed by atoms with Crippen LogP contribution < -0.4 is 5.32 Å². The number of rotatable bonds is 2. The van der Waals surface area contributed by atoms with Crippen molar-refractivity contribution in [3.05, 3.63) is 24.0 Å². The lowest BCUT2D eigenvalue weighted by atomic mass is 10.2. The fraction of sp³-hybridized carbons (Fsp3) is 0.417. The van der Waals surface area contributed by atoms with Gasteiger partial charge in [0.05, 0.1) is 10.2 Å². The lowest BCUT2D eigenvalue weighted by Gasteiger charge is -2.21. The zero-order valence-corrected chi connectivity index (χ0v) is 10.9. The quantitative estimate of drug-likeness (QED) is 0.898. The van der Waals surface area contributed by atoms with Crippen molar-refractivity contribution in [3.63, 3.8) is 0 Å². The van der Waals surface area contributed by atoms with Gasteiger partial charge in [-0.05, 0) is 36.8 Å². The Labute approximate surface area is 108 Å². The van der Waals surface area contributed by atoms with Crippen LogP contribution in [0, 0.1) is 5.82 Å². The minimum atomic E-state index is -0.194. The van der Waals surface area contributed by atoms with Gasteiger partial charge in [-0.2, -0.15) is 11.8 Å². The molecule has 1 aromatic carbocycles. The van der Waals surface area contributed by atoms with Crippen molar-refractivity contribution in [2.75, 3.05) is 16.8 Å². The molecule has 0 aliphatic carbocycles. The summed E-state index contributed by atoms with van der Waals surface area (Å²) < 4.78 is 14.0. The molecule has 1 aliphatic heterocycles. The molecule has 1 atom stereocenters. The highest BCUT2D eigenvalue weighted by Gasteiger charge is 2.15. The van der Waals surface area contributed by atoms with Gasteiger partial charge in [-0.25, -0.2) is 9.37 Å². The molecule has 2 nitrogen and oxygen atoms in total. The number of thioether (sulfide) groups is 1. The number of aromatic nitrogens is 1. The summed E-state index contributed by atoms with van der Waals surface area (Å²) in [7, 11) is 0. The number of nitrogens with zero attached hydrogens (tertiary/aromatic N) is 1. The molecule has 1 aromatic heterocycles. The van der Waals surface area contributed by atoms with E-state index in [1.165, 1.54) is 36.0 Å². The largest absolute Gasteiger partial charge is 0.358 e. The van der Waals surface area contributed by atoms with Crippen molar-refractivity contribution in [2.24, 2.45) is 0 Å². The fourth-order valence-corrected chi connectivity index (χ4v) is 4.03. The van der Waals surface area contributed by atoms with Crippen LogP contribution in [0.15, 0.2) is 18.2 Å². The molecule has 17 heavy (non-hydrogen) atoms. The molecule has 1 N–H and O–H groups in total. The Morgan fingerprint density at radius 3 is 3.18 bits per heavy atom. The lowest BCUT2D eigenvalue weighted by molar-refractivity contribution is 0.630. The third kappa shape index (κ3) is 2.55. The fourth-order valence-electron chi connectivity index (χ4n) is 1.99. The van der Waals surface area contributed by atoms with E-state index in [2.05, 4.69) is 10.3 Å². The molecule has 0 radical (unpaired) electrons. The van der Waals surface area contributed by atoms with Crippen LogP contribution in [0.5, 0.6) is 0 Å². The topological polar surface area (TPSA) is 24.9 Å². The van der Waals surface area contributed by atoms with Gasteiger partial charge < -0.3 is 5.32 Å². The minimum absolute atomic E-state index is 0.194. The summed E-state index contributed by atoms with van der Waals surface area (Å²) in [5.41, 5.74) is 0.877. The summed E-state index contributed by atoms with van der Waals surface area (Å²) in [6.45, 7) is 0. The number of nitrogens with one attached hydrogen (secondary N) is 1. The first-order chi connectivity index (χ1) is 8.31. The van der Waals surface area contributed by atoms with Crippen molar-refractivity contribution in [3.8, 4) is 0 Å².